The molecule has 0 unspecified atom stereocenters. The van der Waals surface area contributed by atoms with Crippen molar-refractivity contribution in [3.05, 3.63) is 59.4 Å². The first-order valence-corrected chi connectivity index (χ1v) is 14.0. The minimum atomic E-state index is -3.56. The Kier molecular flexibility index (Phi) is 7.86. The fourth-order valence-corrected chi connectivity index (χ4v) is 4.33. The molecule has 0 spiro atoms. The predicted octanol–water partition coefficient (Wildman–Crippen LogP) is 3.45. The van der Waals surface area contributed by atoms with Crippen LogP contribution in [0.2, 0.25) is 0 Å². The average molecular weight is 559 g/mol. The maximum Gasteiger partial charge on any atom is 0.410 e. The molecule has 1 aliphatic rings. The minimum Gasteiger partial charge on any atom is -0.444 e. The van der Waals surface area contributed by atoms with Crippen LogP contribution < -0.4 is 14.9 Å². The second-order valence-corrected chi connectivity index (χ2v) is 12.1. The number of carbonyl (C=O) groups excluding carboxylic acids is 1. The van der Waals surface area contributed by atoms with Gasteiger partial charge in [0.05, 0.1) is 19.0 Å². The third-order valence-corrected chi connectivity index (χ3v) is 7.01. The first-order chi connectivity index (χ1) is 18.3. The van der Waals surface area contributed by atoms with Crippen molar-refractivity contribution in [1.29, 1.82) is 0 Å². The molecule has 3 aromatic rings. The van der Waals surface area contributed by atoms with E-state index in [4.69, 9.17) is 4.74 Å². The van der Waals surface area contributed by atoms with Gasteiger partial charge in [0, 0.05) is 38.2 Å². The van der Waals surface area contributed by atoms with Gasteiger partial charge >= 0.3 is 6.09 Å². The van der Waals surface area contributed by atoms with E-state index in [2.05, 4.69) is 30.6 Å². The molecule has 2 aromatic heterocycles. The Bertz CT molecular complexity index is 1480. The van der Waals surface area contributed by atoms with E-state index in [0.29, 0.717) is 30.9 Å². The number of hydrogen-bond acceptors (Lipinski definition) is 10. The Morgan fingerprint density at radius 2 is 1.92 bits per heavy atom. The largest absolute Gasteiger partial charge is 0.444 e. The van der Waals surface area contributed by atoms with Crippen molar-refractivity contribution in [2.24, 2.45) is 0 Å². The lowest BCUT2D eigenvalue weighted by Crippen LogP contribution is -2.39. The quantitative estimate of drug-likeness (QED) is 0.443. The van der Waals surface area contributed by atoms with Crippen molar-refractivity contribution in [3.63, 3.8) is 0 Å². The number of carbonyl (C=O) groups is 1. The molecule has 1 aliphatic heterocycles. The monoisotopic (exact) mass is 558 g/mol. The maximum atomic E-state index is 14.5. The summed E-state index contributed by atoms with van der Waals surface area (Å²) in [6, 6.07) is 5.71. The summed E-state index contributed by atoms with van der Waals surface area (Å²) in [7, 11) is -2.20. The summed E-state index contributed by atoms with van der Waals surface area (Å²) in [6.07, 6.45) is 5.20. The standard InChI is InChI=1S/C25H31FN8O4S/c1-25(2,3)38-24(35)34-11-8-16-12-18(7-6-17(16)15-34)31-23-30-13-19(26)21(32-23)29-14-20-22(28-10-9-27-20)33(4)39(5,36)37/h6-7,9-10,12-13H,8,11,14-15H2,1-5H3,(H2,29,30,31,32). The Labute approximate surface area is 226 Å². The van der Waals surface area contributed by atoms with Gasteiger partial charge in [-0.3, -0.25) is 9.29 Å². The second-order valence-electron chi connectivity index (χ2n) is 10.1. The van der Waals surface area contributed by atoms with Gasteiger partial charge in [0.2, 0.25) is 16.0 Å². The number of hydrogen-bond donors (Lipinski definition) is 2. The smallest absolute Gasteiger partial charge is 0.410 e. The Hall–Kier alpha value is -4.07. The number of sulfonamides is 1. The maximum absolute atomic E-state index is 14.5. The van der Waals surface area contributed by atoms with E-state index in [1.54, 1.807) is 4.90 Å². The summed E-state index contributed by atoms with van der Waals surface area (Å²) < 4.78 is 44.9. The van der Waals surface area contributed by atoms with Gasteiger partial charge in [0.25, 0.3) is 0 Å². The lowest BCUT2D eigenvalue weighted by Gasteiger charge is -2.31. The van der Waals surface area contributed by atoms with E-state index in [9.17, 15) is 17.6 Å². The molecule has 39 heavy (non-hydrogen) atoms. The van der Waals surface area contributed by atoms with Crippen LogP contribution in [0.3, 0.4) is 0 Å². The van der Waals surface area contributed by atoms with Crippen molar-refractivity contribution in [2.45, 2.75) is 45.9 Å². The van der Waals surface area contributed by atoms with Crippen LogP contribution in [-0.4, -0.2) is 64.8 Å². The van der Waals surface area contributed by atoms with Crippen LogP contribution in [0.25, 0.3) is 0 Å². The molecule has 2 N–H and O–H groups in total. The van der Waals surface area contributed by atoms with Crippen molar-refractivity contribution in [1.82, 2.24) is 24.8 Å². The number of amides is 1. The number of aromatic nitrogens is 4. The van der Waals surface area contributed by atoms with E-state index in [-0.39, 0.29) is 30.2 Å². The molecule has 0 fully saturated rings. The molecular formula is C25H31FN8O4S. The molecule has 1 aromatic carbocycles. The summed E-state index contributed by atoms with van der Waals surface area (Å²) in [5.74, 6) is -0.482. The number of anilines is 4. The van der Waals surface area contributed by atoms with Crippen LogP contribution >= 0.6 is 0 Å². The number of nitrogens with zero attached hydrogens (tertiary/aromatic N) is 6. The minimum absolute atomic E-state index is 0.0244. The molecular weight excluding hydrogens is 527 g/mol. The Morgan fingerprint density at radius 3 is 2.64 bits per heavy atom. The number of benzene rings is 1. The van der Waals surface area contributed by atoms with Gasteiger partial charge in [0.15, 0.2) is 17.5 Å². The molecule has 3 heterocycles. The Morgan fingerprint density at radius 1 is 1.18 bits per heavy atom. The third-order valence-electron chi connectivity index (χ3n) is 5.84. The molecule has 4 rings (SSSR count). The summed E-state index contributed by atoms with van der Waals surface area (Å²) in [5, 5.41) is 5.93. The van der Waals surface area contributed by atoms with Crippen LogP contribution in [0.5, 0.6) is 0 Å². The highest BCUT2D eigenvalue weighted by Crippen LogP contribution is 2.26. The molecule has 14 heteroatoms. The summed E-state index contributed by atoms with van der Waals surface area (Å²) in [5.41, 5.74) is 2.54. The van der Waals surface area contributed by atoms with E-state index in [1.165, 1.54) is 19.4 Å². The fraction of sp³-hybridized carbons (Fsp3) is 0.400. The molecule has 0 saturated heterocycles. The normalized spacial score (nSPS) is 13.4. The molecule has 1 amide bonds. The van der Waals surface area contributed by atoms with E-state index < -0.39 is 21.4 Å². The molecule has 0 aliphatic carbocycles. The van der Waals surface area contributed by atoms with Crippen LogP contribution in [-0.2, 0) is 34.3 Å². The SMILES string of the molecule is CN(c1nccnc1CNc1nc(Nc2ccc3c(c2)CCN(C(=O)OC(C)(C)C)C3)ncc1F)S(C)(=O)=O. The Balaban J connectivity index is 1.45. The highest BCUT2D eigenvalue weighted by Gasteiger charge is 2.26. The van der Waals surface area contributed by atoms with Gasteiger partial charge in [-0.05, 0) is 50.5 Å². The van der Waals surface area contributed by atoms with E-state index >= 15 is 0 Å². The first kappa shape index (κ1) is 28.0. The predicted molar refractivity (Wildman–Crippen MR) is 145 cm³/mol. The molecule has 208 valence electrons. The van der Waals surface area contributed by atoms with Gasteiger partial charge in [-0.2, -0.15) is 4.98 Å². The molecule has 0 radical (unpaired) electrons. The topological polar surface area (TPSA) is 143 Å². The number of nitrogens with one attached hydrogen (secondary N) is 2. The lowest BCUT2D eigenvalue weighted by molar-refractivity contribution is 0.0224. The van der Waals surface area contributed by atoms with E-state index in [0.717, 1.165) is 27.9 Å². The first-order valence-electron chi connectivity index (χ1n) is 12.2. The summed E-state index contributed by atoms with van der Waals surface area (Å²) in [4.78, 5) is 30.6. The summed E-state index contributed by atoms with van der Waals surface area (Å²) in [6.45, 7) is 6.47. The number of halogens is 1. The van der Waals surface area contributed by atoms with E-state index in [1.807, 2.05) is 39.0 Å². The lowest BCUT2D eigenvalue weighted by atomic mass is 9.99. The molecule has 0 atom stereocenters. The molecule has 0 saturated carbocycles. The van der Waals surface area contributed by atoms with Crippen molar-refractivity contribution < 1.29 is 22.3 Å². The van der Waals surface area contributed by atoms with Gasteiger partial charge in [-0.25, -0.2) is 27.6 Å². The fourth-order valence-electron chi connectivity index (χ4n) is 3.87. The van der Waals surface area contributed by atoms with Crippen molar-refractivity contribution in [3.8, 4) is 0 Å². The number of fused-ring (bicyclic) bond motifs is 1. The van der Waals surface area contributed by atoms with Crippen LogP contribution in [0.4, 0.5) is 32.5 Å². The number of rotatable bonds is 7. The molecule has 12 nitrogen and oxygen atoms in total. The zero-order valence-corrected chi connectivity index (χ0v) is 23.2. The highest BCUT2D eigenvalue weighted by atomic mass is 32.2. The van der Waals surface area contributed by atoms with Gasteiger partial charge in [-0.1, -0.05) is 6.07 Å². The zero-order chi connectivity index (χ0) is 28.4. The van der Waals surface area contributed by atoms with Crippen LogP contribution in [0.15, 0.2) is 36.8 Å². The van der Waals surface area contributed by atoms with Crippen LogP contribution in [0.1, 0.15) is 37.6 Å². The molecule has 0 bridgehead atoms. The average Bonchev–Trinajstić information content (AvgIpc) is 2.87. The van der Waals surface area contributed by atoms with Crippen LogP contribution in [0, 0.1) is 5.82 Å². The van der Waals surface area contributed by atoms with Crippen molar-refractivity contribution >= 4 is 39.4 Å². The summed E-state index contributed by atoms with van der Waals surface area (Å²) >= 11 is 0. The third kappa shape index (κ3) is 7.07. The van der Waals surface area contributed by atoms with Crippen molar-refractivity contribution in [2.75, 3.05) is 34.8 Å². The van der Waals surface area contributed by atoms with Gasteiger partial charge < -0.3 is 20.3 Å². The second kappa shape index (κ2) is 11.0. The highest BCUT2D eigenvalue weighted by molar-refractivity contribution is 7.92. The van der Waals surface area contributed by atoms with Gasteiger partial charge in [-0.15, -0.1) is 0 Å². The van der Waals surface area contributed by atoms with Gasteiger partial charge in [0.1, 0.15) is 11.3 Å². The number of ether oxygens (including phenoxy) is 1. The zero-order valence-electron chi connectivity index (χ0n) is 22.4.